The summed E-state index contributed by atoms with van der Waals surface area (Å²) in [6.45, 7) is 1.32. The quantitative estimate of drug-likeness (QED) is 0.306. The molecule has 0 amide bonds. The maximum absolute atomic E-state index is 10.7. The first-order chi connectivity index (χ1) is 8.43. The average molecular weight is 295 g/mol. The Kier molecular flexibility index (Phi) is 6.91. The summed E-state index contributed by atoms with van der Waals surface area (Å²) >= 11 is 0. The molecule has 0 unspecified atom stereocenters. The molecule has 0 aliphatic carbocycles. The van der Waals surface area contributed by atoms with Gasteiger partial charge in [-0.05, 0) is 4.92 Å². The van der Waals surface area contributed by atoms with E-state index in [9.17, 15) is 10.1 Å². The number of imidazole rings is 1. The van der Waals surface area contributed by atoms with Crippen molar-refractivity contribution in [3.63, 3.8) is 0 Å². The van der Waals surface area contributed by atoms with Crippen LogP contribution in [-0.4, -0.2) is 62.5 Å². The molecule has 19 heavy (non-hydrogen) atoms. The molecule has 0 saturated carbocycles. The van der Waals surface area contributed by atoms with Gasteiger partial charge < -0.3 is 37.2 Å². The van der Waals surface area contributed by atoms with Crippen molar-refractivity contribution >= 4 is 5.82 Å². The van der Waals surface area contributed by atoms with Gasteiger partial charge in [0.25, 0.3) is 5.82 Å². The van der Waals surface area contributed by atoms with Crippen LogP contribution in [0, 0.1) is 10.1 Å². The molecular formula is C10H19ClN4O4. The van der Waals surface area contributed by atoms with Crippen LogP contribution in [0.1, 0.15) is 5.82 Å². The highest BCUT2D eigenvalue weighted by molar-refractivity contribution is 5.18. The van der Waals surface area contributed by atoms with Crippen LogP contribution in [0.15, 0.2) is 6.20 Å². The maximum atomic E-state index is 10.7. The lowest BCUT2D eigenvalue weighted by Crippen LogP contribution is -3.00. The van der Waals surface area contributed by atoms with Gasteiger partial charge in [0.2, 0.25) is 0 Å². The van der Waals surface area contributed by atoms with Crippen molar-refractivity contribution < 1.29 is 32.0 Å². The highest BCUT2D eigenvalue weighted by Gasteiger charge is 2.27. The summed E-state index contributed by atoms with van der Waals surface area (Å²) in [6.07, 6.45) is 1.22. The molecule has 2 N–H and O–H groups in total. The van der Waals surface area contributed by atoms with E-state index in [0.29, 0.717) is 29.9 Å². The van der Waals surface area contributed by atoms with Gasteiger partial charge in [-0.2, -0.15) is 0 Å². The molecular weight excluding hydrogens is 276 g/mol. The third-order valence-corrected chi connectivity index (χ3v) is 3.05. The van der Waals surface area contributed by atoms with E-state index in [-0.39, 0.29) is 31.4 Å². The van der Waals surface area contributed by atoms with E-state index in [0.717, 1.165) is 0 Å². The standard InChI is InChI=1S/C10H19N4O4.ClH/c1-12-9(11-7-10(12)13(17)18)8-14(2,3-5-15)4-6-16;/h7,15-16H,3-6,8H2,1-2H3;1H/q+1;/p-1. The fraction of sp³-hybridized carbons (Fsp3) is 0.700. The van der Waals surface area contributed by atoms with Gasteiger partial charge in [0, 0.05) is 0 Å². The topological polar surface area (TPSA) is 101 Å². The van der Waals surface area contributed by atoms with Gasteiger partial charge in [-0.25, -0.2) is 9.55 Å². The number of aliphatic hydroxyl groups is 2. The number of hydrogen-bond acceptors (Lipinski definition) is 5. The first-order valence-corrected chi connectivity index (χ1v) is 5.64. The zero-order valence-electron chi connectivity index (χ0n) is 11.0. The second kappa shape index (κ2) is 7.39. The van der Waals surface area contributed by atoms with Crippen molar-refractivity contribution in [3.8, 4) is 0 Å². The third-order valence-electron chi connectivity index (χ3n) is 3.05. The van der Waals surface area contributed by atoms with Crippen LogP contribution in [0.3, 0.4) is 0 Å². The van der Waals surface area contributed by atoms with Crippen LogP contribution in [-0.2, 0) is 13.6 Å². The zero-order valence-corrected chi connectivity index (χ0v) is 11.7. The van der Waals surface area contributed by atoms with E-state index in [2.05, 4.69) is 4.98 Å². The molecule has 0 fully saturated rings. The summed E-state index contributed by atoms with van der Waals surface area (Å²) in [4.78, 5) is 14.3. The highest BCUT2D eigenvalue weighted by Crippen LogP contribution is 2.16. The van der Waals surface area contributed by atoms with Gasteiger partial charge in [-0.15, -0.1) is 0 Å². The third kappa shape index (κ3) is 4.43. The Morgan fingerprint density at radius 3 is 2.32 bits per heavy atom. The Labute approximate surface area is 117 Å². The SMILES string of the molecule is Cn1c([N+](=O)[O-])cnc1C[N+](C)(CCO)CCO.[Cl-]. The van der Waals surface area contributed by atoms with Crippen molar-refractivity contribution in [2.24, 2.45) is 7.05 Å². The van der Waals surface area contributed by atoms with Crippen LogP contribution in [0.25, 0.3) is 0 Å². The number of hydrogen-bond donors (Lipinski definition) is 2. The predicted molar refractivity (Wildman–Crippen MR) is 63.7 cm³/mol. The molecule has 0 bridgehead atoms. The minimum absolute atomic E-state index is 0. The second-order valence-corrected chi connectivity index (χ2v) is 4.52. The van der Waals surface area contributed by atoms with E-state index >= 15 is 0 Å². The maximum Gasteiger partial charge on any atom is 0.342 e. The minimum atomic E-state index is -0.487. The van der Waals surface area contributed by atoms with Crippen LogP contribution >= 0.6 is 0 Å². The molecule has 1 rings (SSSR count). The lowest BCUT2D eigenvalue weighted by molar-refractivity contribution is -0.923. The number of nitrogens with zero attached hydrogens (tertiary/aromatic N) is 4. The summed E-state index contributed by atoms with van der Waals surface area (Å²) in [7, 11) is 3.45. The number of nitro groups is 1. The van der Waals surface area contributed by atoms with E-state index in [1.807, 2.05) is 7.05 Å². The Morgan fingerprint density at radius 1 is 1.42 bits per heavy atom. The second-order valence-electron chi connectivity index (χ2n) is 4.52. The number of aromatic nitrogens is 2. The van der Waals surface area contributed by atoms with Gasteiger partial charge in [0.15, 0.2) is 6.54 Å². The van der Waals surface area contributed by atoms with Crippen molar-refractivity contribution in [2.75, 3.05) is 33.4 Å². The molecule has 0 radical (unpaired) electrons. The highest BCUT2D eigenvalue weighted by atomic mass is 35.5. The van der Waals surface area contributed by atoms with Crippen molar-refractivity contribution in [1.29, 1.82) is 0 Å². The van der Waals surface area contributed by atoms with Crippen LogP contribution in [0.2, 0.25) is 0 Å². The van der Waals surface area contributed by atoms with Crippen molar-refractivity contribution in [3.05, 3.63) is 22.1 Å². The van der Waals surface area contributed by atoms with E-state index in [1.165, 1.54) is 10.8 Å². The number of halogens is 1. The van der Waals surface area contributed by atoms with Crippen LogP contribution in [0.5, 0.6) is 0 Å². The number of likely N-dealkylation sites (N-methyl/N-ethyl adjacent to an activating group) is 1. The first kappa shape index (κ1) is 17.8. The largest absolute Gasteiger partial charge is 1.00 e. The molecule has 0 aliphatic rings. The molecule has 0 spiro atoms. The zero-order chi connectivity index (χ0) is 13.8. The van der Waals surface area contributed by atoms with Gasteiger partial charge >= 0.3 is 5.82 Å². The van der Waals surface area contributed by atoms with Gasteiger partial charge in [0.05, 0.1) is 27.3 Å². The Hall–Kier alpha value is -1.22. The average Bonchev–Trinajstić information content (AvgIpc) is 2.61. The number of aliphatic hydroxyl groups excluding tert-OH is 2. The van der Waals surface area contributed by atoms with Gasteiger partial charge in [-0.1, -0.05) is 0 Å². The number of rotatable bonds is 7. The molecule has 110 valence electrons. The Morgan fingerprint density at radius 2 is 1.95 bits per heavy atom. The molecule has 0 aliphatic heterocycles. The molecule has 1 aromatic heterocycles. The Bertz CT molecular complexity index is 418. The fourth-order valence-electron chi connectivity index (χ4n) is 1.85. The van der Waals surface area contributed by atoms with Crippen LogP contribution < -0.4 is 12.4 Å². The monoisotopic (exact) mass is 294 g/mol. The molecule has 0 saturated heterocycles. The predicted octanol–water partition coefficient (Wildman–Crippen LogP) is -3.74. The molecule has 8 nitrogen and oxygen atoms in total. The summed E-state index contributed by atoms with van der Waals surface area (Å²) in [5.74, 6) is 0.496. The fourth-order valence-corrected chi connectivity index (χ4v) is 1.85. The van der Waals surface area contributed by atoms with E-state index < -0.39 is 4.92 Å². The van der Waals surface area contributed by atoms with E-state index in [4.69, 9.17) is 10.2 Å². The molecule has 0 atom stereocenters. The summed E-state index contributed by atoms with van der Waals surface area (Å²) in [6, 6.07) is 0. The Balaban J connectivity index is 0.00000324. The van der Waals surface area contributed by atoms with Crippen molar-refractivity contribution in [1.82, 2.24) is 9.55 Å². The molecule has 1 heterocycles. The normalized spacial score (nSPS) is 11.2. The summed E-state index contributed by atoms with van der Waals surface area (Å²) in [5, 5.41) is 28.8. The van der Waals surface area contributed by atoms with Gasteiger partial charge in [-0.3, -0.25) is 0 Å². The van der Waals surface area contributed by atoms with Gasteiger partial charge in [0.1, 0.15) is 19.3 Å². The molecule has 0 aromatic carbocycles. The van der Waals surface area contributed by atoms with Crippen LogP contribution in [0.4, 0.5) is 5.82 Å². The van der Waals surface area contributed by atoms with Crippen molar-refractivity contribution in [2.45, 2.75) is 6.54 Å². The smallest absolute Gasteiger partial charge is 0.342 e. The first-order valence-electron chi connectivity index (χ1n) is 5.64. The molecule has 9 heteroatoms. The summed E-state index contributed by atoms with van der Waals surface area (Å²) in [5.41, 5.74) is 0. The molecule has 1 aromatic rings. The number of quaternary nitrogens is 1. The van der Waals surface area contributed by atoms with E-state index in [1.54, 1.807) is 7.05 Å². The lowest BCUT2D eigenvalue weighted by Gasteiger charge is -2.32. The summed E-state index contributed by atoms with van der Waals surface area (Å²) < 4.78 is 1.81. The minimum Gasteiger partial charge on any atom is -1.00 e. The lowest BCUT2D eigenvalue weighted by atomic mass is 10.3.